The minimum Gasteiger partial charge on any atom is -0.352 e. The van der Waals surface area contributed by atoms with Gasteiger partial charge in [-0.25, -0.2) is 8.42 Å². The van der Waals surface area contributed by atoms with Crippen molar-refractivity contribution in [2.75, 3.05) is 14.1 Å². The van der Waals surface area contributed by atoms with E-state index in [0.29, 0.717) is 23.9 Å². The van der Waals surface area contributed by atoms with Crippen molar-refractivity contribution in [3.8, 4) is 0 Å². The Balaban J connectivity index is 0.00000450. The SMILES string of the molecule is CN=C(NCc1ccc(S(=O)(=O)N(C)C(C)C)cc1)NCc1c(C)nn(C)c1C.I. The van der Waals surface area contributed by atoms with Crippen LogP contribution in [0.1, 0.15) is 36.4 Å². The van der Waals surface area contributed by atoms with Gasteiger partial charge < -0.3 is 10.6 Å². The summed E-state index contributed by atoms with van der Waals surface area (Å²) in [5.41, 5.74) is 4.23. The molecule has 2 N–H and O–H groups in total. The monoisotopic (exact) mass is 548 g/mol. The van der Waals surface area contributed by atoms with Gasteiger partial charge in [0, 0.05) is 51.5 Å². The number of rotatable bonds is 7. The highest BCUT2D eigenvalue weighted by Crippen LogP contribution is 2.17. The number of halogens is 1. The second-order valence-corrected chi connectivity index (χ2v) is 9.31. The molecule has 0 atom stereocenters. The molecule has 0 saturated carbocycles. The maximum absolute atomic E-state index is 12.5. The Bertz CT molecular complexity index is 968. The van der Waals surface area contributed by atoms with E-state index in [0.717, 1.165) is 22.5 Å². The quantitative estimate of drug-likeness (QED) is 0.316. The fourth-order valence-corrected chi connectivity index (χ4v) is 4.24. The first kappa shape index (κ1) is 26.4. The van der Waals surface area contributed by atoms with Gasteiger partial charge in [-0.2, -0.15) is 9.40 Å². The first-order valence-electron chi connectivity index (χ1n) is 9.58. The van der Waals surface area contributed by atoms with Gasteiger partial charge >= 0.3 is 0 Å². The Morgan fingerprint density at radius 1 is 1.17 bits per heavy atom. The van der Waals surface area contributed by atoms with Crippen LogP contribution >= 0.6 is 24.0 Å². The zero-order chi connectivity index (χ0) is 21.8. The maximum atomic E-state index is 12.5. The van der Waals surface area contributed by atoms with Gasteiger partial charge in [0.1, 0.15) is 0 Å². The Hall–Kier alpha value is -1.66. The van der Waals surface area contributed by atoms with Gasteiger partial charge in [-0.15, -0.1) is 24.0 Å². The average molecular weight is 548 g/mol. The molecule has 0 spiro atoms. The molecule has 2 aromatic rings. The molecule has 30 heavy (non-hydrogen) atoms. The fourth-order valence-electron chi connectivity index (χ4n) is 2.87. The number of sulfonamides is 1. The van der Waals surface area contributed by atoms with Crippen LogP contribution in [0.3, 0.4) is 0 Å². The van der Waals surface area contributed by atoms with Crippen molar-refractivity contribution in [2.45, 2.75) is 51.7 Å². The lowest BCUT2D eigenvalue weighted by Gasteiger charge is -2.21. The third-order valence-electron chi connectivity index (χ3n) is 5.10. The van der Waals surface area contributed by atoms with Crippen molar-refractivity contribution in [3.63, 3.8) is 0 Å². The van der Waals surface area contributed by atoms with Gasteiger partial charge in [-0.1, -0.05) is 12.1 Å². The van der Waals surface area contributed by atoms with Gasteiger partial charge in [0.15, 0.2) is 5.96 Å². The molecule has 10 heteroatoms. The molecule has 0 radical (unpaired) electrons. The molecule has 1 heterocycles. The predicted octanol–water partition coefficient (Wildman–Crippen LogP) is 2.55. The zero-order valence-corrected chi connectivity index (χ0v) is 21.9. The molecular formula is C20H33IN6O2S. The van der Waals surface area contributed by atoms with Crippen molar-refractivity contribution in [3.05, 3.63) is 46.8 Å². The normalized spacial score (nSPS) is 12.2. The molecule has 8 nitrogen and oxygen atoms in total. The Morgan fingerprint density at radius 2 is 1.73 bits per heavy atom. The summed E-state index contributed by atoms with van der Waals surface area (Å²) < 4.78 is 28.3. The maximum Gasteiger partial charge on any atom is 0.243 e. The standard InChI is InChI=1S/C20H32N6O2S.HI/c1-14(2)26(7)29(27,28)18-10-8-17(9-11-18)12-22-20(21-5)23-13-19-15(3)24-25(6)16(19)4;/h8-11,14H,12-13H2,1-7H3,(H2,21,22,23);1H. The molecule has 2 rings (SSSR count). The smallest absolute Gasteiger partial charge is 0.243 e. The molecular weight excluding hydrogens is 515 g/mol. The summed E-state index contributed by atoms with van der Waals surface area (Å²) >= 11 is 0. The van der Waals surface area contributed by atoms with Gasteiger partial charge in [-0.3, -0.25) is 9.67 Å². The van der Waals surface area contributed by atoms with E-state index in [1.807, 2.05) is 51.6 Å². The highest BCUT2D eigenvalue weighted by Gasteiger charge is 2.22. The summed E-state index contributed by atoms with van der Waals surface area (Å²) in [5, 5.41) is 11.0. The van der Waals surface area contributed by atoms with Crippen LogP contribution in [0, 0.1) is 13.8 Å². The number of hydrogen-bond donors (Lipinski definition) is 2. The lowest BCUT2D eigenvalue weighted by atomic mass is 10.2. The van der Waals surface area contributed by atoms with E-state index in [1.54, 1.807) is 26.2 Å². The Kier molecular flexibility index (Phi) is 9.76. The van der Waals surface area contributed by atoms with Gasteiger partial charge in [0.05, 0.1) is 10.6 Å². The summed E-state index contributed by atoms with van der Waals surface area (Å²) in [7, 11) is 1.78. The molecule has 0 bridgehead atoms. The molecule has 0 aliphatic carbocycles. The highest BCUT2D eigenvalue weighted by atomic mass is 127. The summed E-state index contributed by atoms with van der Waals surface area (Å²) in [4.78, 5) is 4.54. The number of nitrogens with zero attached hydrogens (tertiary/aromatic N) is 4. The summed E-state index contributed by atoms with van der Waals surface area (Å²) in [6.45, 7) is 8.90. The van der Waals surface area contributed by atoms with Gasteiger partial charge in [0.2, 0.25) is 10.0 Å². The van der Waals surface area contributed by atoms with Crippen molar-refractivity contribution in [1.82, 2.24) is 24.7 Å². The molecule has 0 unspecified atom stereocenters. The van der Waals surface area contributed by atoms with Crippen LogP contribution in [-0.2, 0) is 30.2 Å². The average Bonchev–Trinajstić information content (AvgIpc) is 2.93. The van der Waals surface area contributed by atoms with Crippen LogP contribution in [0.2, 0.25) is 0 Å². The second-order valence-electron chi connectivity index (χ2n) is 7.31. The van der Waals surface area contributed by atoms with E-state index in [4.69, 9.17) is 0 Å². The van der Waals surface area contributed by atoms with E-state index in [2.05, 4.69) is 20.7 Å². The number of aromatic nitrogens is 2. The zero-order valence-electron chi connectivity index (χ0n) is 18.7. The highest BCUT2D eigenvalue weighted by molar-refractivity contribution is 14.0. The molecule has 0 aliphatic rings. The molecule has 168 valence electrons. The Morgan fingerprint density at radius 3 is 2.20 bits per heavy atom. The van der Waals surface area contributed by atoms with Crippen molar-refractivity contribution < 1.29 is 8.42 Å². The van der Waals surface area contributed by atoms with Crippen LogP contribution in [0.5, 0.6) is 0 Å². The second kappa shape index (κ2) is 11.1. The van der Waals surface area contributed by atoms with E-state index in [-0.39, 0.29) is 30.0 Å². The molecule has 0 saturated heterocycles. The number of hydrogen-bond acceptors (Lipinski definition) is 4. The van der Waals surface area contributed by atoms with E-state index in [1.165, 1.54) is 4.31 Å². The Labute approximate surface area is 197 Å². The fraction of sp³-hybridized carbons (Fsp3) is 0.500. The van der Waals surface area contributed by atoms with Crippen LogP contribution in [0.4, 0.5) is 0 Å². The lowest BCUT2D eigenvalue weighted by molar-refractivity contribution is 0.410. The predicted molar refractivity (Wildman–Crippen MR) is 132 cm³/mol. The molecule has 1 aromatic heterocycles. The topological polar surface area (TPSA) is 91.6 Å². The van der Waals surface area contributed by atoms with Crippen LogP contribution in [0.15, 0.2) is 34.2 Å². The third-order valence-corrected chi connectivity index (χ3v) is 7.15. The van der Waals surface area contributed by atoms with Crippen LogP contribution in [0.25, 0.3) is 0 Å². The van der Waals surface area contributed by atoms with Gasteiger partial charge in [0.25, 0.3) is 0 Å². The largest absolute Gasteiger partial charge is 0.352 e. The molecule has 0 amide bonds. The number of benzene rings is 1. The van der Waals surface area contributed by atoms with E-state index >= 15 is 0 Å². The molecule has 0 aliphatic heterocycles. The minimum absolute atomic E-state index is 0. The number of guanidine groups is 1. The third kappa shape index (κ3) is 6.17. The first-order chi connectivity index (χ1) is 13.6. The summed E-state index contributed by atoms with van der Waals surface area (Å²) in [6, 6.07) is 6.82. The summed E-state index contributed by atoms with van der Waals surface area (Å²) in [6.07, 6.45) is 0. The first-order valence-corrected chi connectivity index (χ1v) is 11.0. The number of aliphatic imine (C=N–C) groups is 1. The number of nitrogens with one attached hydrogen (secondary N) is 2. The van der Waals surface area contributed by atoms with Crippen molar-refractivity contribution >= 4 is 40.0 Å². The summed E-state index contributed by atoms with van der Waals surface area (Å²) in [5.74, 6) is 0.670. The number of aryl methyl sites for hydroxylation is 2. The molecule has 1 aromatic carbocycles. The molecule has 0 fully saturated rings. The van der Waals surface area contributed by atoms with Crippen molar-refractivity contribution in [1.29, 1.82) is 0 Å². The minimum atomic E-state index is -3.47. The van der Waals surface area contributed by atoms with Gasteiger partial charge in [-0.05, 0) is 45.4 Å². The van der Waals surface area contributed by atoms with E-state index in [9.17, 15) is 8.42 Å². The van der Waals surface area contributed by atoms with Crippen molar-refractivity contribution in [2.24, 2.45) is 12.0 Å². The van der Waals surface area contributed by atoms with Crippen LogP contribution in [-0.4, -0.2) is 48.6 Å². The van der Waals surface area contributed by atoms with Crippen LogP contribution < -0.4 is 10.6 Å². The lowest BCUT2D eigenvalue weighted by Crippen LogP contribution is -2.36. The van der Waals surface area contributed by atoms with E-state index < -0.39 is 10.0 Å².